The number of hydrogen-bond donors (Lipinski definition) is 0. The van der Waals surface area contributed by atoms with E-state index in [0.29, 0.717) is 11.8 Å². The molecule has 0 radical (unpaired) electrons. The van der Waals surface area contributed by atoms with Crippen LogP contribution in [-0.4, -0.2) is 19.3 Å². The first kappa shape index (κ1) is 15.9. The molecule has 24 heavy (non-hydrogen) atoms. The van der Waals surface area contributed by atoms with Crippen molar-refractivity contribution in [3.05, 3.63) is 34.7 Å². The van der Waals surface area contributed by atoms with Crippen molar-refractivity contribution in [3.8, 4) is 0 Å². The van der Waals surface area contributed by atoms with Gasteiger partial charge in [0.1, 0.15) is 5.82 Å². The fourth-order valence-corrected chi connectivity index (χ4v) is 4.60. The predicted molar refractivity (Wildman–Crippen MR) is 96.5 cm³/mol. The topological polar surface area (TPSA) is 35.6 Å². The standard InChI is InChI=1S/C20H30N4/c1-14(2)17-13-21-24-11-7-8-16(12-18(17)24)20-15(3)23-10-6-4-5-9-19(23)22-20/h13-14,16H,4-12H2,1-3H3. The molecule has 2 aliphatic heterocycles. The largest absolute Gasteiger partial charge is 0.332 e. The number of aromatic nitrogens is 4. The number of fused-ring (bicyclic) bond motifs is 2. The smallest absolute Gasteiger partial charge is 0.109 e. The summed E-state index contributed by atoms with van der Waals surface area (Å²) in [6, 6.07) is 0. The molecular formula is C20H30N4. The lowest BCUT2D eigenvalue weighted by Gasteiger charge is -2.15. The highest BCUT2D eigenvalue weighted by atomic mass is 15.3. The van der Waals surface area contributed by atoms with Crippen LogP contribution in [0.25, 0.3) is 0 Å². The Hall–Kier alpha value is -1.58. The molecule has 0 fully saturated rings. The molecule has 0 saturated carbocycles. The van der Waals surface area contributed by atoms with Gasteiger partial charge in [0.2, 0.25) is 0 Å². The van der Waals surface area contributed by atoms with Gasteiger partial charge in [0.05, 0.1) is 11.9 Å². The van der Waals surface area contributed by atoms with E-state index in [2.05, 4.69) is 41.3 Å². The SMILES string of the molecule is Cc1c(C2CCCn3ncc(C(C)C)c3C2)nc2n1CCCCC2. The lowest BCUT2D eigenvalue weighted by molar-refractivity contribution is 0.553. The third-order valence-electron chi connectivity index (χ3n) is 5.97. The monoisotopic (exact) mass is 326 g/mol. The highest BCUT2D eigenvalue weighted by molar-refractivity contribution is 5.28. The zero-order valence-electron chi connectivity index (χ0n) is 15.4. The average molecular weight is 326 g/mol. The van der Waals surface area contributed by atoms with Crippen molar-refractivity contribution < 1.29 is 0 Å². The summed E-state index contributed by atoms with van der Waals surface area (Å²) < 4.78 is 4.76. The quantitative estimate of drug-likeness (QED) is 0.822. The van der Waals surface area contributed by atoms with Gasteiger partial charge in [0.25, 0.3) is 0 Å². The van der Waals surface area contributed by atoms with Crippen LogP contribution in [0.5, 0.6) is 0 Å². The van der Waals surface area contributed by atoms with Crippen LogP contribution in [0.2, 0.25) is 0 Å². The molecule has 4 rings (SSSR count). The van der Waals surface area contributed by atoms with Crippen molar-refractivity contribution in [2.75, 3.05) is 0 Å². The normalized spacial score (nSPS) is 21.2. The van der Waals surface area contributed by atoms with Gasteiger partial charge in [-0.15, -0.1) is 0 Å². The van der Waals surface area contributed by atoms with Gasteiger partial charge in [-0.05, 0) is 50.5 Å². The van der Waals surface area contributed by atoms with E-state index in [1.807, 2.05) is 0 Å². The zero-order valence-corrected chi connectivity index (χ0v) is 15.4. The molecule has 1 atom stereocenters. The van der Waals surface area contributed by atoms with Gasteiger partial charge in [-0.3, -0.25) is 4.68 Å². The summed E-state index contributed by atoms with van der Waals surface area (Å²) >= 11 is 0. The number of nitrogens with zero attached hydrogens (tertiary/aromatic N) is 4. The van der Waals surface area contributed by atoms with E-state index in [9.17, 15) is 0 Å². The Morgan fingerprint density at radius 1 is 1.12 bits per heavy atom. The van der Waals surface area contributed by atoms with Gasteiger partial charge in [-0.25, -0.2) is 4.98 Å². The molecule has 0 amide bonds. The molecule has 4 heteroatoms. The van der Waals surface area contributed by atoms with Crippen LogP contribution in [0.15, 0.2) is 6.20 Å². The second-order valence-electron chi connectivity index (χ2n) is 7.93. The lowest BCUT2D eigenvalue weighted by Crippen LogP contribution is -2.09. The van der Waals surface area contributed by atoms with Crippen LogP contribution >= 0.6 is 0 Å². The van der Waals surface area contributed by atoms with Crippen LogP contribution in [0.3, 0.4) is 0 Å². The summed E-state index contributed by atoms with van der Waals surface area (Å²) in [4.78, 5) is 5.14. The molecule has 0 aliphatic carbocycles. The summed E-state index contributed by atoms with van der Waals surface area (Å²) in [5.41, 5.74) is 5.68. The van der Waals surface area contributed by atoms with Gasteiger partial charge in [-0.1, -0.05) is 20.3 Å². The molecule has 2 aromatic heterocycles. The van der Waals surface area contributed by atoms with Crippen molar-refractivity contribution in [1.82, 2.24) is 19.3 Å². The maximum atomic E-state index is 5.14. The summed E-state index contributed by atoms with van der Waals surface area (Å²) in [5, 5.41) is 4.66. The Kier molecular flexibility index (Phi) is 4.23. The maximum absolute atomic E-state index is 5.14. The molecule has 2 aromatic rings. The van der Waals surface area contributed by atoms with E-state index < -0.39 is 0 Å². The molecule has 0 N–H and O–H groups in total. The lowest BCUT2D eigenvalue weighted by atomic mass is 9.91. The molecule has 4 heterocycles. The van der Waals surface area contributed by atoms with Crippen LogP contribution in [0, 0.1) is 6.92 Å². The minimum atomic E-state index is 0.548. The van der Waals surface area contributed by atoms with E-state index in [0.717, 1.165) is 25.9 Å². The van der Waals surface area contributed by atoms with Crippen molar-refractivity contribution in [1.29, 1.82) is 0 Å². The number of aryl methyl sites for hydroxylation is 2. The summed E-state index contributed by atoms with van der Waals surface area (Å²) in [6.45, 7) is 9.08. The summed E-state index contributed by atoms with van der Waals surface area (Å²) in [5.74, 6) is 2.44. The molecule has 130 valence electrons. The summed E-state index contributed by atoms with van der Waals surface area (Å²) in [6.07, 6.45) is 10.7. The number of imidazole rings is 1. The van der Waals surface area contributed by atoms with Crippen molar-refractivity contribution >= 4 is 0 Å². The van der Waals surface area contributed by atoms with E-state index >= 15 is 0 Å². The van der Waals surface area contributed by atoms with E-state index in [4.69, 9.17) is 4.98 Å². The zero-order chi connectivity index (χ0) is 16.7. The molecule has 2 aliphatic rings. The first-order valence-corrected chi connectivity index (χ1v) is 9.75. The van der Waals surface area contributed by atoms with E-state index in [1.165, 1.54) is 60.6 Å². The fourth-order valence-electron chi connectivity index (χ4n) is 4.60. The van der Waals surface area contributed by atoms with Crippen LogP contribution < -0.4 is 0 Å². The van der Waals surface area contributed by atoms with Gasteiger partial charge in [0.15, 0.2) is 0 Å². The highest BCUT2D eigenvalue weighted by Crippen LogP contribution is 2.34. The van der Waals surface area contributed by atoms with Gasteiger partial charge >= 0.3 is 0 Å². The second-order valence-corrected chi connectivity index (χ2v) is 7.93. The maximum Gasteiger partial charge on any atom is 0.109 e. The fraction of sp³-hybridized carbons (Fsp3) is 0.700. The molecular weight excluding hydrogens is 296 g/mol. The predicted octanol–water partition coefficient (Wildman–Crippen LogP) is 4.36. The second kappa shape index (κ2) is 6.38. The Morgan fingerprint density at radius 3 is 2.83 bits per heavy atom. The van der Waals surface area contributed by atoms with Gasteiger partial charge < -0.3 is 4.57 Å². The van der Waals surface area contributed by atoms with Gasteiger partial charge in [0, 0.05) is 36.8 Å². The van der Waals surface area contributed by atoms with Crippen molar-refractivity contribution in [3.63, 3.8) is 0 Å². The molecule has 0 saturated heterocycles. The molecule has 4 nitrogen and oxygen atoms in total. The van der Waals surface area contributed by atoms with Crippen molar-refractivity contribution in [2.24, 2.45) is 0 Å². The van der Waals surface area contributed by atoms with Crippen LogP contribution in [-0.2, 0) is 25.9 Å². The van der Waals surface area contributed by atoms with Gasteiger partial charge in [-0.2, -0.15) is 5.10 Å². The minimum absolute atomic E-state index is 0.548. The van der Waals surface area contributed by atoms with Crippen LogP contribution in [0.1, 0.15) is 86.3 Å². The number of rotatable bonds is 2. The first-order chi connectivity index (χ1) is 11.6. The first-order valence-electron chi connectivity index (χ1n) is 9.75. The Morgan fingerprint density at radius 2 is 2.00 bits per heavy atom. The molecule has 1 unspecified atom stereocenters. The summed E-state index contributed by atoms with van der Waals surface area (Å²) in [7, 11) is 0. The van der Waals surface area contributed by atoms with Crippen LogP contribution in [0.4, 0.5) is 0 Å². The molecule has 0 bridgehead atoms. The molecule has 0 aromatic carbocycles. The third kappa shape index (κ3) is 2.70. The van der Waals surface area contributed by atoms with E-state index in [-0.39, 0.29) is 0 Å². The Balaban J connectivity index is 1.68. The molecule has 0 spiro atoms. The highest BCUT2D eigenvalue weighted by Gasteiger charge is 2.27. The number of hydrogen-bond acceptors (Lipinski definition) is 2. The third-order valence-corrected chi connectivity index (χ3v) is 5.97. The van der Waals surface area contributed by atoms with Crippen molar-refractivity contribution in [2.45, 2.75) is 90.6 Å². The average Bonchev–Trinajstić information content (AvgIpc) is 2.90. The van der Waals surface area contributed by atoms with E-state index in [1.54, 1.807) is 0 Å². The Labute approximate surface area is 145 Å². The Bertz CT molecular complexity index is 722. The minimum Gasteiger partial charge on any atom is -0.332 e.